The minimum absolute atomic E-state index is 0.520. The van der Waals surface area contributed by atoms with Crippen molar-refractivity contribution >= 4 is 27.9 Å². The van der Waals surface area contributed by atoms with E-state index in [1.165, 1.54) is 0 Å². The van der Waals surface area contributed by atoms with Gasteiger partial charge in [0.2, 0.25) is 0 Å². The Morgan fingerprint density at radius 2 is 1.91 bits per heavy atom. The van der Waals surface area contributed by atoms with Gasteiger partial charge in [0.1, 0.15) is 0 Å². The van der Waals surface area contributed by atoms with Crippen LogP contribution in [0.5, 0.6) is 0 Å². The Kier molecular flexibility index (Phi) is 3.44. The quantitative estimate of drug-likeness (QED) is 0.705. The van der Waals surface area contributed by atoms with E-state index in [1.807, 2.05) is 0 Å². The van der Waals surface area contributed by atoms with E-state index < -0.39 is 29.4 Å². The second kappa shape index (κ2) is 3.66. The van der Waals surface area contributed by atoms with Gasteiger partial charge >= 0.3 is 11.9 Å². The minimum Gasteiger partial charge on any atom is -0.481 e. The van der Waals surface area contributed by atoms with E-state index in [0.29, 0.717) is 0 Å². The van der Waals surface area contributed by atoms with Gasteiger partial charge in [-0.15, -0.1) is 0 Å². The molecule has 2 N–H and O–H groups in total. The molecule has 0 aliphatic heterocycles. The maximum atomic E-state index is 12.6. The van der Waals surface area contributed by atoms with Crippen molar-refractivity contribution in [3.63, 3.8) is 0 Å². The molecule has 6 heteroatoms. The first-order valence-electron chi connectivity index (χ1n) is 2.69. The molecule has 4 nitrogen and oxygen atoms in total. The Balaban J connectivity index is 3.92. The van der Waals surface area contributed by atoms with Crippen LogP contribution in [0.4, 0.5) is 4.39 Å². The van der Waals surface area contributed by atoms with E-state index in [-0.39, 0.29) is 0 Å². The lowest BCUT2D eigenvalue weighted by Crippen LogP contribution is -2.26. The van der Waals surface area contributed by atoms with Gasteiger partial charge in [0.15, 0.2) is 0 Å². The molecule has 0 aliphatic carbocycles. The van der Waals surface area contributed by atoms with Gasteiger partial charge in [-0.1, -0.05) is 0 Å². The van der Waals surface area contributed by atoms with Gasteiger partial charge in [-0.2, -0.15) is 0 Å². The lowest BCUT2D eigenvalue weighted by Gasteiger charge is -2.09. The van der Waals surface area contributed by atoms with E-state index in [9.17, 15) is 14.0 Å². The van der Waals surface area contributed by atoms with Gasteiger partial charge in [0, 0.05) is 12.8 Å². The van der Waals surface area contributed by atoms with E-state index in [2.05, 4.69) is 15.9 Å². The van der Waals surface area contributed by atoms with Gasteiger partial charge in [-0.05, 0) is 15.9 Å². The lowest BCUT2D eigenvalue weighted by atomic mass is 10.2. The summed E-state index contributed by atoms with van der Waals surface area (Å²) in [5.41, 5.74) is 0. The Bertz CT molecular complexity index is 179. The van der Waals surface area contributed by atoms with Crippen molar-refractivity contribution in [3.8, 4) is 0 Å². The number of carboxylic acids is 2. The summed E-state index contributed by atoms with van der Waals surface area (Å²) in [6.45, 7) is 0. The van der Waals surface area contributed by atoms with Gasteiger partial charge in [0.05, 0.1) is 0 Å². The summed E-state index contributed by atoms with van der Waals surface area (Å²) >= 11 is 2.25. The van der Waals surface area contributed by atoms with Crippen LogP contribution in [0.3, 0.4) is 0 Å². The predicted molar refractivity (Wildman–Crippen MR) is 37.3 cm³/mol. The third kappa shape index (κ3) is 3.92. The van der Waals surface area contributed by atoms with Gasteiger partial charge in [-0.3, -0.25) is 4.79 Å². The highest BCUT2D eigenvalue weighted by atomic mass is 79.9. The summed E-state index contributed by atoms with van der Waals surface area (Å²) in [5.74, 6) is -2.94. The van der Waals surface area contributed by atoms with Crippen LogP contribution >= 0.6 is 15.9 Å². The van der Waals surface area contributed by atoms with Crippen LogP contribution in [-0.2, 0) is 9.59 Å². The average molecular weight is 229 g/mol. The number of alkyl halides is 2. The highest BCUT2D eigenvalue weighted by Gasteiger charge is 2.35. The Labute approximate surface area is 70.1 Å². The zero-order valence-electron chi connectivity index (χ0n) is 5.38. The third-order valence-electron chi connectivity index (χ3n) is 0.966. The first-order valence-corrected chi connectivity index (χ1v) is 3.48. The van der Waals surface area contributed by atoms with Gasteiger partial charge < -0.3 is 10.2 Å². The zero-order valence-corrected chi connectivity index (χ0v) is 6.97. The van der Waals surface area contributed by atoms with Crippen molar-refractivity contribution in [3.05, 3.63) is 0 Å². The standard InChI is InChI=1S/C5H6BrFO4/c6-5(7,4(10)11)2-1-3(8)9/h1-2H2,(H,8,9)(H,10,11). The monoisotopic (exact) mass is 228 g/mol. The molecule has 11 heavy (non-hydrogen) atoms. The summed E-state index contributed by atoms with van der Waals surface area (Å²) in [6.07, 6.45) is -1.11. The molecule has 0 aromatic carbocycles. The molecule has 0 saturated carbocycles. The fourth-order valence-corrected chi connectivity index (χ4v) is 0.569. The Morgan fingerprint density at radius 1 is 1.45 bits per heavy atom. The predicted octanol–water partition coefficient (Wildman–Crippen LogP) is 0.996. The van der Waals surface area contributed by atoms with Crippen LogP contribution in [0.2, 0.25) is 0 Å². The summed E-state index contributed by atoms with van der Waals surface area (Å²) in [6, 6.07) is 0. The first kappa shape index (κ1) is 10.3. The normalized spacial score (nSPS) is 15.5. The van der Waals surface area contributed by atoms with E-state index in [1.54, 1.807) is 0 Å². The lowest BCUT2D eigenvalue weighted by molar-refractivity contribution is -0.145. The highest BCUT2D eigenvalue weighted by Crippen LogP contribution is 2.25. The fourth-order valence-electron chi connectivity index (χ4n) is 0.371. The molecule has 0 amide bonds. The van der Waals surface area contributed by atoms with Crippen molar-refractivity contribution < 1.29 is 24.2 Å². The maximum absolute atomic E-state index is 12.6. The minimum atomic E-state index is -2.62. The number of carboxylic acid groups (broad SMARTS) is 2. The van der Waals surface area contributed by atoms with Crippen LogP contribution in [0, 0.1) is 0 Å². The number of hydrogen-bond donors (Lipinski definition) is 2. The van der Waals surface area contributed by atoms with Crippen LogP contribution < -0.4 is 0 Å². The molecule has 0 bridgehead atoms. The molecule has 1 atom stereocenters. The molecule has 0 aliphatic rings. The van der Waals surface area contributed by atoms with E-state index in [4.69, 9.17) is 10.2 Å². The third-order valence-corrected chi connectivity index (χ3v) is 1.70. The molecule has 0 rings (SSSR count). The number of hydrogen-bond acceptors (Lipinski definition) is 2. The van der Waals surface area contributed by atoms with Gasteiger partial charge in [-0.25, -0.2) is 9.18 Å². The summed E-state index contributed by atoms with van der Waals surface area (Å²) in [5, 5.41) is 16.2. The topological polar surface area (TPSA) is 74.6 Å². The smallest absolute Gasteiger partial charge is 0.352 e. The first-order chi connectivity index (χ1) is 4.86. The van der Waals surface area contributed by atoms with Crippen molar-refractivity contribution in [2.45, 2.75) is 17.4 Å². The van der Waals surface area contributed by atoms with Crippen molar-refractivity contribution in [1.29, 1.82) is 0 Å². The molecular formula is C5H6BrFO4. The van der Waals surface area contributed by atoms with Crippen LogP contribution in [0.15, 0.2) is 0 Å². The molecule has 64 valence electrons. The Hall–Kier alpha value is -0.650. The molecule has 0 radical (unpaired) electrons. The molecular weight excluding hydrogens is 223 g/mol. The summed E-state index contributed by atoms with van der Waals surface area (Å²) < 4.78 is 10.0. The van der Waals surface area contributed by atoms with Crippen molar-refractivity contribution in [1.82, 2.24) is 0 Å². The molecule has 0 aromatic rings. The second-order valence-electron chi connectivity index (χ2n) is 1.90. The second-order valence-corrected chi connectivity index (χ2v) is 3.16. The Morgan fingerprint density at radius 3 is 2.18 bits per heavy atom. The van der Waals surface area contributed by atoms with Crippen LogP contribution in [-0.4, -0.2) is 26.7 Å². The fraction of sp³-hybridized carbons (Fsp3) is 0.600. The molecule has 1 unspecified atom stereocenters. The number of halogens is 2. The molecule has 0 fully saturated rings. The number of carbonyl (C=O) groups is 2. The SMILES string of the molecule is O=C(O)CCC(F)(Br)C(=O)O. The molecule has 0 saturated heterocycles. The maximum Gasteiger partial charge on any atom is 0.352 e. The van der Waals surface area contributed by atoms with Crippen LogP contribution in [0.1, 0.15) is 12.8 Å². The van der Waals surface area contributed by atoms with Crippen molar-refractivity contribution in [2.24, 2.45) is 0 Å². The zero-order chi connectivity index (χ0) is 9.07. The largest absolute Gasteiger partial charge is 0.481 e. The van der Waals surface area contributed by atoms with Crippen LogP contribution in [0.25, 0.3) is 0 Å². The molecule has 0 spiro atoms. The van der Waals surface area contributed by atoms with E-state index in [0.717, 1.165) is 0 Å². The highest BCUT2D eigenvalue weighted by molar-refractivity contribution is 9.10. The number of aliphatic carboxylic acids is 2. The molecule has 0 heterocycles. The average Bonchev–Trinajstić information content (AvgIpc) is 1.84. The van der Waals surface area contributed by atoms with Crippen molar-refractivity contribution in [2.75, 3.05) is 0 Å². The van der Waals surface area contributed by atoms with E-state index >= 15 is 0 Å². The summed E-state index contributed by atoms with van der Waals surface area (Å²) in [4.78, 5) is 19.9. The molecule has 0 aromatic heterocycles. The number of rotatable bonds is 4. The van der Waals surface area contributed by atoms with Gasteiger partial charge in [0.25, 0.3) is 4.58 Å². The summed E-state index contributed by atoms with van der Waals surface area (Å²) in [7, 11) is 0.